The molecule has 2 saturated heterocycles. The highest BCUT2D eigenvalue weighted by molar-refractivity contribution is 7.91. The number of hydrogen-bond donors (Lipinski definition) is 1. The smallest absolute Gasteiger partial charge is 0.225 e. The van der Waals surface area contributed by atoms with Gasteiger partial charge < -0.3 is 10.0 Å². The lowest BCUT2D eigenvalue weighted by Gasteiger charge is -2.43. The van der Waals surface area contributed by atoms with Gasteiger partial charge in [0.2, 0.25) is 5.95 Å². The van der Waals surface area contributed by atoms with E-state index in [0.29, 0.717) is 5.95 Å². The molecular formula is C16H26N4O3S. The first-order valence-electron chi connectivity index (χ1n) is 8.70. The van der Waals surface area contributed by atoms with Gasteiger partial charge in [-0.05, 0) is 25.5 Å². The summed E-state index contributed by atoms with van der Waals surface area (Å²) in [6.45, 7) is 2.77. The van der Waals surface area contributed by atoms with Crippen molar-refractivity contribution in [2.45, 2.75) is 37.8 Å². The Hall–Kier alpha value is -1.25. The van der Waals surface area contributed by atoms with E-state index < -0.39 is 9.84 Å². The SMILES string of the molecule is O=S1(=O)C[C@@H]2[C@H](C1)N(CCCCCCO)CCN2c1ncccn1. The summed E-state index contributed by atoms with van der Waals surface area (Å²) in [5, 5.41) is 8.84. The average Bonchev–Trinajstić information content (AvgIpc) is 2.90. The number of unbranched alkanes of at least 4 members (excludes halogenated alkanes) is 3. The zero-order valence-corrected chi connectivity index (χ0v) is 14.7. The minimum absolute atomic E-state index is 0.0328. The van der Waals surface area contributed by atoms with Crippen molar-refractivity contribution in [2.24, 2.45) is 0 Å². The van der Waals surface area contributed by atoms with Crippen LogP contribution in [0.25, 0.3) is 0 Å². The third-order valence-electron chi connectivity index (χ3n) is 4.95. The molecule has 0 saturated carbocycles. The van der Waals surface area contributed by atoms with E-state index in [1.807, 2.05) is 0 Å². The highest BCUT2D eigenvalue weighted by atomic mass is 32.2. The van der Waals surface area contributed by atoms with Gasteiger partial charge in [0.1, 0.15) is 0 Å². The van der Waals surface area contributed by atoms with E-state index in [0.717, 1.165) is 45.3 Å². The molecule has 1 aromatic heterocycles. The van der Waals surface area contributed by atoms with Crippen molar-refractivity contribution < 1.29 is 13.5 Å². The van der Waals surface area contributed by atoms with E-state index >= 15 is 0 Å². The Morgan fingerprint density at radius 1 is 1.04 bits per heavy atom. The molecule has 8 heteroatoms. The summed E-state index contributed by atoms with van der Waals surface area (Å²) in [4.78, 5) is 13.0. The van der Waals surface area contributed by atoms with Crippen molar-refractivity contribution in [1.29, 1.82) is 0 Å². The standard InChI is InChI=1S/C16H26N4O3S/c21-11-4-2-1-3-8-19-9-10-20(16-17-6-5-7-18-16)15-13-24(22,23)12-14(15)19/h5-7,14-15,21H,1-4,8-13H2/t14-,15+/m0/s1. The summed E-state index contributed by atoms with van der Waals surface area (Å²) in [6, 6.07) is 1.75. The van der Waals surface area contributed by atoms with Crippen LogP contribution in [0.1, 0.15) is 25.7 Å². The number of aliphatic hydroxyl groups excluding tert-OH is 1. The Labute approximate surface area is 143 Å². The van der Waals surface area contributed by atoms with Gasteiger partial charge in [-0.25, -0.2) is 18.4 Å². The molecule has 0 aliphatic carbocycles. The molecule has 1 N–H and O–H groups in total. The van der Waals surface area contributed by atoms with Crippen LogP contribution in [0.15, 0.2) is 18.5 Å². The number of anilines is 1. The summed E-state index contributed by atoms with van der Waals surface area (Å²) in [5.41, 5.74) is 0. The highest BCUT2D eigenvalue weighted by Gasteiger charge is 2.47. The highest BCUT2D eigenvalue weighted by Crippen LogP contribution is 2.29. The molecule has 0 bridgehead atoms. The van der Waals surface area contributed by atoms with Crippen molar-refractivity contribution in [3.63, 3.8) is 0 Å². The fourth-order valence-electron chi connectivity index (χ4n) is 3.77. The Kier molecular flexibility index (Phi) is 5.68. The number of hydrogen-bond acceptors (Lipinski definition) is 7. The van der Waals surface area contributed by atoms with Gasteiger partial charge in [-0.2, -0.15) is 0 Å². The summed E-state index contributed by atoms with van der Waals surface area (Å²) in [5.74, 6) is 1.06. The second-order valence-electron chi connectivity index (χ2n) is 6.63. The van der Waals surface area contributed by atoms with E-state index in [9.17, 15) is 8.42 Å². The molecule has 0 amide bonds. The maximum atomic E-state index is 12.2. The largest absolute Gasteiger partial charge is 0.396 e. The zero-order chi connectivity index (χ0) is 17.0. The van der Waals surface area contributed by atoms with E-state index in [2.05, 4.69) is 19.8 Å². The number of piperazine rings is 1. The fourth-order valence-corrected chi connectivity index (χ4v) is 5.78. The van der Waals surface area contributed by atoms with Crippen LogP contribution in [-0.2, 0) is 9.84 Å². The maximum absolute atomic E-state index is 12.2. The predicted molar refractivity (Wildman–Crippen MR) is 92.7 cm³/mol. The first kappa shape index (κ1) is 17.6. The van der Waals surface area contributed by atoms with Crippen LogP contribution in [0.4, 0.5) is 5.95 Å². The molecule has 134 valence electrons. The molecule has 0 spiro atoms. The van der Waals surface area contributed by atoms with Gasteiger partial charge in [0.05, 0.1) is 17.5 Å². The lowest BCUT2D eigenvalue weighted by atomic mass is 10.0. The molecule has 2 aliphatic heterocycles. The van der Waals surface area contributed by atoms with Gasteiger partial charge in [-0.15, -0.1) is 0 Å². The molecule has 1 aromatic rings. The minimum atomic E-state index is -3.01. The van der Waals surface area contributed by atoms with Crippen molar-refractivity contribution in [3.05, 3.63) is 18.5 Å². The van der Waals surface area contributed by atoms with Crippen LogP contribution >= 0.6 is 0 Å². The van der Waals surface area contributed by atoms with E-state index in [1.54, 1.807) is 18.5 Å². The zero-order valence-electron chi connectivity index (χ0n) is 13.9. The third-order valence-corrected chi connectivity index (χ3v) is 6.65. The van der Waals surface area contributed by atoms with Crippen LogP contribution in [-0.4, -0.2) is 78.2 Å². The van der Waals surface area contributed by atoms with E-state index in [-0.39, 0.29) is 30.2 Å². The third kappa shape index (κ3) is 4.04. The first-order chi connectivity index (χ1) is 11.6. The number of fused-ring (bicyclic) bond motifs is 1. The van der Waals surface area contributed by atoms with Gasteiger partial charge >= 0.3 is 0 Å². The average molecular weight is 354 g/mol. The molecule has 24 heavy (non-hydrogen) atoms. The minimum Gasteiger partial charge on any atom is -0.396 e. The molecule has 2 atom stereocenters. The second-order valence-corrected chi connectivity index (χ2v) is 8.78. The Morgan fingerprint density at radius 2 is 1.75 bits per heavy atom. The molecule has 0 unspecified atom stereocenters. The number of sulfone groups is 1. The number of aromatic nitrogens is 2. The Bertz CT molecular complexity index is 625. The summed E-state index contributed by atoms with van der Waals surface area (Å²) in [6.07, 6.45) is 7.40. The predicted octanol–water partition coefficient (Wildman–Crippen LogP) is 0.317. The topological polar surface area (TPSA) is 86.6 Å². The normalized spacial score (nSPS) is 26.5. The van der Waals surface area contributed by atoms with Gasteiger partial charge in [-0.1, -0.05) is 12.8 Å². The van der Waals surface area contributed by atoms with Gasteiger partial charge in [-0.3, -0.25) is 4.90 Å². The van der Waals surface area contributed by atoms with Crippen LogP contribution in [0.5, 0.6) is 0 Å². The molecular weight excluding hydrogens is 328 g/mol. The lowest BCUT2D eigenvalue weighted by Crippen LogP contribution is -2.59. The van der Waals surface area contributed by atoms with E-state index in [4.69, 9.17) is 5.11 Å². The Morgan fingerprint density at radius 3 is 2.50 bits per heavy atom. The van der Waals surface area contributed by atoms with E-state index in [1.165, 1.54) is 0 Å². The molecule has 2 aliphatic rings. The first-order valence-corrected chi connectivity index (χ1v) is 10.5. The van der Waals surface area contributed by atoms with Crippen LogP contribution in [0, 0.1) is 0 Å². The Balaban J connectivity index is 1.66. The van der Waals surface area contributed by atoms with Crippen molar-refractivity contribution in [2.75, 3.05) is 42.6 Å². The summed E-state index contributed by atoms with van der Waals surface area (Å²) in [7, 11) is -3.01. The fraction of sp³-hybridized carbons (Fsp3) is 0.750. The van der Waals surface area contributed by atoms with Crippen LogP contribution < -0.4 is 4.90 Å². The second kappa shape index (κ2) is 7.76. The molecule has 7 nitrogen and oxygen atoms in total. The van der Waals surface area contributed by atoms with Crippen molar-refractivity contribution in [1.82, 2.24) is 14.9 Å². The molecule has 3 heterocycles. The monoisotopic (exact) mass is 354 g/mol. The lowest BCUT2D eigenvalue weighted by molar-refractivity contribution is 0.163. The molecule has 0 radical (unpaired) electrons. The summed E-state index contributed by atoms with van der Waals surface area (Å²) >= 11 is 0. The van der Waals surface area contributed by atoms with Crippen LogP contribution in [0.3, 0.4) is 0 Å². The molecule has 0 aromatic carbocycles. The van der Waals surface area contributed by atoms with Gasteiger partial charge in [0.15, 0.2) is 9.84 Å². The number of rotatable bonds is 7. The quantitative estimate of drug-likeness (QED) is 0.706. The molecule has 2 fully saturated rings. The van der Waals surface area contributed by atoms with Crippen molar-refractivity contribution in [3.8, 4) is 0 Å². The van der Waals surface area contributed by atoms with Gasteiger partial charge in [0.25, 0.3) is 0 Å². The number of nitrogens with zero attached hydrogens (tertiary/aromatic N) is 4. The van der Waals surface area contributed by atoms with Crippen molar-refractivity contribution >= 4 is 15.8 Å². The van der Waals surface area contributed by atoms with Crippen LogP contribution in [0.2, 0.25) is 0 Å². The maximum Gasteiger partial charge on any atom is 0.225 e. The number of aliphatic hydroxyl groups is 1. The molecule has 3 rings (SSSR count). The van der Waals surface area contributed by atoms with Gasteiger partial charge in [0, 0.05) is 38.1 Å². The summed E-state index contributed by atoms with van der Waals surface area (Å²) < 4.78 is 24.4.